The van der Waals surface area contributed by atoms with E-state index in [0.717, 1.165) is 29.7 Å². The van der Waals surface area contributed by atoms with Gasteiger partial charge in [-0.3, -0.25) is 4.79 Å². The van der Waals surface area contributed by atoms with Gasteiger partial charge in [-0.25, -0.2) is 8.42 Å². The second-order valence-corrected chi connectivity index (χ2v) is 8.44. The molecular weight excluding hydrogens is 338 g/mol. The molecule has 0 aliphatic carbocycles. The highest BCUT2D eigenvalue weighted by atomic mass is 32.2. The van der Waals surface area contributed by atoms with Crippen LogP contribution < -0.4 is 5.32 Å². The Kier molecular flexibility index (Phi) is 4.71. The van der Waals surface area contributed by atoms with Crippen molar-refractivity contribution < 1.29 is 13.2 Å². The molecule has 0 saturated carbocycles. The molecule has 3 rings (SSSR count). The number of para-hydroxylation sites is 1. The van der Waals surface area contributed by atoms with Crippen molar-refractivity contribution in [3.05, 3.63) is 47.3 Å². The Balaban J connectivity index is 1.88. The first-order chi connectivity index (χ1) is 11.8. The standard InChI is InChI=1S/C18H23N3O3S/c1-13-7-6-8-14(2)17(13)19-18(22)16-11-15(12-20(16)3)25(23,24)21-9-4-5-10-21/h6-8,11-12H,4-5,9-10H2,1-3H3,(H,19,22). The maximum Gasteiger partial charge on any atom is 0.272 e. The molecule has 0 unspecified atom stereocenters. The van der Waals surface area contributed by atoms with Crippen LogP contribution in [0.4, 0.5) is 5.69 Å². The summed E-state index contributed by atoms with van der Waals surface area (Å²) in [6.45, 7) is 4.94. The number of aryl methyl sites for hydroxylation is 3. The number of nitrogens with zero attached hydrogens (tertiary/aromatic N) is 2. The number of anilines is 1. The first-order valence-electron chi connectivity index (χ1n) is 8.35. The minimum atomic E-state index is -3.53. The van der Waals surface area contributed by atoms with Gasteiger partial charge < -0.3 is 9.88 Å². The molecule has 1 aliphatic rings. The van der Waals surface area contributed by atoms with Gasteiger partial charge in [0.25, 0.3) is 5.91 Å². The Morgan fingerprint density at radius 2 is 1.72 bits per heavy atom. The van der Waals surface area contributed by atoms with Crippen LogP contribution in [0.15, 0.2) is 35.4 Å². The van der Waals surface area contributed by atoms with E-state index >= 15 is 0 Å². The number of rotatable bonds is 4. The first-order valence-corrected chi connectivity index (χ1v) is 9.79. The van der Waals surface area contributed by atoms with Gasteiger partial charge in [-0.15, -0.1) is 0 Å². The topological polar surface area (TPSA) is 71.4 Å². The van der Waals surface area contributed by atoms with Crippen molar-refractivity contribution in [3.63, 3.8) is 0 Å². The van der Waals surface area contributed by atoms with Crippen molar-refractivity contribution in [2.24, 2.45) is 7.05 Å². The van der Waals surface area contributed by atoms with E-state index in [4.69, 9.17) is 0 Å². The molecule has 134 valence electrons. The fourth-order valence-corrected chi connectivity index (χ4v) is 4.76. The Hall–Kier alpha value is -2.12. The van der Waals surface area contributed by atoms with Crippen molar-refractivity contribution in [1.82, 2.24) is 8.87 Å². The molecule has 1 aliphatic heterocycles. The number of benzene rings is 1. The Labute approximate surface area is 148 Å². The summed E-state index contributed by atoms with van der Waals surface area (Å²) in [6.07, 6.45) is 3.27. The number of hydrogen-bond acceptors (Lipinski definition) is 3. The average molecular weight is 361 g/mol. The van der Waals surface area contributed by atoms with E-state index in [9.17, 15) is 13.2 Å². The van der Waals surface area contributed by atoms with Crippen LogP contribution in [0.3, 0.4) is 0 Å². The smallest absolute Gasteiger partial charge is 0.272 e. The van der Waals surface area contributed by atoms with Gasteiger partial charge in [-0.1, -0.05) is 18.2 Å². The number of amides is 1. The molecule has 7 heteroatoms. The lowest BCUT2D eigenvalue weighted by Gasteiger charge is -2.13. The summed E-state index contributed by atoms with van der Waals surface area (Å²) < 4.78 is 28.4. The number of nitrogens with one attached hydrogen (secondary N) is 1. The van der Waals surface area contributed by atoms with Crippen LogP contribution in [-0.4, -0.2) is 36.3 Å². The van der Waals surface area contributed by atoms with Crippen molar-refractivity contribution in [2.75, 3.05) is 18.4 Å². The van der Waals surface area contributed by atoms with Crippen LogP contribution in [0.1, 0.15) is 34.5 Å². The van der Waals surface area contributed by atoms with Crippen LogP contribution >= 0.6 is 0 Å². The molecular formula is C18H23N3O3S. The molecule has 1 fully saturated rings. The Bertz CT molecular complexity index is 889. The zero-order valence-electron chi connectivity index (χ0n) is 14.7. The Morgan fingerprint density at radius 3 is 2.32 bits per heavy atom. The third-order valence-electron chi connectivity index (χ3n) is 4.63. The summed E-state index contributed by atoms with van der Waals surface area (Å²) in [4.78, 5) is 12.8. The number of aromatic nitrogens is 1. The number of hydrogen-bond donors (Lipinski definition) is 1. The maximum absolute atomic E-state index is 12.7. The number of carbonyl (C=O) groups excluding carboxylic acids is 1. The quantitative estimate of drug-likeness (QED) is 0.910. The number of carbonyl (C=O) groups is 1. The second-order valence-electron chi connectivity index (χ2n) is 6.50. The predicted molar refractivity (Wildman–Crippen MR) is 97.3 cm³/mol. The van der Waals surface area contributed by atoms with E-state index in [-0.39, 0.29) is 10.8 Å². The molecule has 6 nitrogen and oxygen atoms in total. The SMILES string of the molecule is Cc1cccc(C)c1NC(=O)c1cc(S(=O)(=O)N2CCCC2)cn1C. The van der Waals surface area contributed by atoms with Crippen molar-refractivity contribution in [1.29, 1.82) is 0 Å². The first kappa shape index (κ1) is 17.7. The van der Waals surface area contributed by atoms with Crippen molar-refractivity contribution in [2.45, 2.75) is 31.6 Å². The van der Waals surface area contributed by atoms with Gasteiger partial charge in [0, 0.05) is 32.0 Å². The summed E-state index contributed by atoms with van der Waals surface area (Å²) >= 11 is 0. The zero-order valence-corrected chi connectivity index (χ0v) is 15.6. The lowest BCUT2D eigenvalue weighted by atomic mass is 10.1. The van der Waals surface area contributed by atoms with Gasteiger partial charge in [-0.2, -0.15) is 4.31 Å². The van der Waals surface area contributed by atoms with E-state index in [1.807, 2.05) is 32.0 Å². The monoisotopic (exact) mass is 361 g/mol. The molecule has 25 heavy (non-hydrogen) atoms. The largest absolute Gasteiger partial charge is 0.345 e. The highest BCUT2D eigenvalue weighted by Gasteiger charge is 2.29. The molecule has 1 amide bonds. The van der Waals surface area contributed by atoms with Gasteiger partial charge in [0.1, 0.15) is 10.6 Å². The summed E-state index contributed by atoms with van der Waals surface area (Å²) in [5.74, 6) is -0.317. The molecule has 0 spiro atoms. The van der Waals surface area contributed by atoms with Gasteiger partial charge in [-0.05, 0) is 43.9 Å². The van der Waals surface area contributed by atoms with Crippen molar-refractivity contribution >= 4 is 21.6 Å². The van der Waals surface area contributed by atoms with E-state index in [2.05, 4.69) is 5.32 Å². The van der Waals surface area contributed by atoms with Gasteiger partial charge in [0.05, 0.1) is 0 Å². The summed E-state index contributed by atoms with van der Waals surface area (Å²) in [7, 11) is -1.85. The predicted octanol–water partition coefficient (Wildman–Crippen LogP) is 2.68. The van der Waals surface area contributed by atoms with Crippen LogP contribution in [0.5, 0.6) is 0 Å². The molecule has 1 saturated heterocycles. The fourth-order valence-electron chi connectivity index (χ4n) is 3.17. The Morgan fingerprint density at radius 1 is 1.12 bits per heavy atom. The van der Waals surface area contributed by atoms with Gasteiger partial charge in [0.15, 0.2) is 0 Å². The molecule has 2 aromatic rings. The molecule has 2 heterocycles. The van der Waals surface area contributed by atoms with Gasteiger partial charge in [0.2, 0.25) is 10.0 Å². The second kappa shape index (κ2) is 6.65. The summed E-state index contributed by atoms with van der Waals surface area (Å²) in [5.41, 5.74) is 3.01. The summed E-state index contributed by atoms with van der Waals surface area (Å²) in [5, 5.41) is 2.90. The van der Waals surface area contributed by atoms with Crippen LogP contribution in [0, 0.1) is 13.8 Å². The van der Waals surface area contributed by atoms with Crippen LogP contribution in [0.2, 0.25) is 0 Å². The molecule has 1 N–H and O–H groups in total. The maximum atomic E-state index is 12.7. The minimum absolute atomic E-state index is 0.170. The minimum Gasteiger partial charge on any atom is -0.345 e. The van der Waals surface area contributed by atoms with E-state index in [0.29, 0.717) is 18.8 Å². The van der Waals surface area contributed by atoms with Crippen molar-refractivity contribution in [3.8, 4) is 0 Å². The lowest BCUT2D eigenvalue weighted by Crippen LogP contribution is -2.27. The average Bonchev–Trinajstić information content (AvgIpc) is 3.21. The van der Waals surface area contributed by atoms with Crippen LogP contribution in [-0.2, 0) is 17.1 Å². The van der Waals surface area contributed by atoms with Gasteiger partial charge >= 0.3 is 0 Å². The summed E-state index contributed by atoms with van der Waals surface area (Å²) in [6, 6.07) is 7.24. The van der Waals surface area contributed by atoms with E-state index in [1.165, 1.54) is 16.6 Å². The molecule has 0 radical (unpaired) electrons. The van der Waals surface area contributed by atoms with E-state index in [1.54, 1.807) is 11.6 Å². The van der Waals surface area contributed by atoms with Crippen LogP contribution in [0.25, 0.3) is 0 Å². The normalized spacial score (nSPS) is 15.5. The lowest BCUT2D eigenvalue weighted by molar-refractivity contribution is 0.101. The highest BCUT2D eigenvalue weighted by Crippen LogP contribution is 2.24. The number of sulfonamides is 1. The fraction of sp³-hybridized carbons (Fsp3) is 0.389. The molecule has 1 aromatic carbocycles. The molecule has 0 bridgehead atoms. The zero-order chi connectivity index (χ0) is 18.2. The third kappa shape index (κ3) is 3.34. The molecule has 0 atom stereocenters. The van der Waals surface area contributed by atoms with E-state index < -0.39 is 10.0 Å². The molecule has 1 aromatic heterocycles. The highest BCUT2D eigenvalue weighted by molar-refractivity contribution is 7.89. The third-order valence-corrected chi connectivity index (χ3v) is 6.50.